The van der Waals surface area contributed by atoms with Gasteiger partial charge in [0, 0.05) is 0 Å². The summed E-state index contributed by atoms with van der Waals surface area (Å²) in [5.74, 6) is -0.521. The Kier molecular flexibility index (Phi) is 5.21. The SMILES string of the molecule is Cc1ccc(C(CCOc2cccc(C)c2C)C(=O)O)cc1. The van der Waals surface area contributed by atoms with Crippen LogP contribution in [0.3, 0.4) is 0 Å². The summed E-state index contributed by atoms with van der Waals surface area (Å²) in [6.07, 6.45) is 0.450. The average Bonchev–Trinajstić information content (AvgIpc) is 2.49. The Labute approximate surface area is 131 Å². The van der Waals surface area contributed by atoms with Gasteiger partial charge in [0.1, 0.15) is 5.75 Å². The van der Waals surface area contributed by atoms with Crippen molar-refractivity contribution in [3.63, 3.8) is 0 Å². The summed E-state index contributed by atoms with van der Waals surface area (Å²) in [6, 6.07) is 13.6. The van der Waals surface area contributed by atoms with Crippen molar-refractivity contribution >= 4 is 5.97 Å². The maximum absolute atomic E-state index is 11.5. The highest BCUT2D eigenvalue weighted by Gasteiger charge is 2.19. The number of carboxylic acids is 1. The van der Waals surface area contributed by atoms with Gasteiger partial charge < -0.3 is 9.84 Å². The predicted molar refractivity (Wildman–Crippen MR) is 87.6 cm³/mol. The van der Waals surface area contributed by atoms with Crippen molar-refractivity contribution in [3.8, 4) is 5.75 Å². The zero-order chi connectivity index (χ0) is 16.1. The van der Waals surface area contributed by atoms with E-state index in [2.05, 4.69) is 0 Å². The molecule has 1 atom stereocenters. The number of hydrogen-bond acceptors (Lipinski definition) is 2. The summed E-state index contributed by atoms with van der Waals surface area (Å²) < 4.78 is 5.78. The molecule has 3 nitrogen and oxygen atoms in total. The summed E-state index contributed by atoms with van der Waals surface area (Å²) >= 11 is 0. The van der Waals surface area contributed by atoms with Gasteiger partial charge in [-0.1, -0.05) is 42.0 Å². The number of aliphatic carboxylic acids is 1. The van der Waals surface area contributed by atoms with E-state index < -0.39 is 11.9 Å². The van der Waals surface area contributed by atoms with E-state index in [9.17, 15) is 9.90 Å². The van der Waals surface area contributed by atoms with Crippen LogP contribution in [0.25, 0.3) is 0 Å². The molecule has 0 saturated heterocycles. The van der Waals surface area contributed by atoms with E-state index in [0.717, 1.165) is 22.4 Å². The number of hydrogen-bond donors (Lipinski definition) is 1. The van der Waals surface area contributed by atoms with Crippen LogP contribution in [0, 0.1) is 20.8 Å². The lowest BCUT2D eigenvalue weighted by Gasteiger charge is -2.15. The molecule has 0 aliphatic heterocycles. The molecule has 3 heteroatoms. The third-order valence-electron chi connectivity index (χ3n) is 4.00. The zero-order valence-electron chi connectivity index (χ0n) is 13.3. The number of carboxylic acid groups (broad SMARTS) is 1. The maximum atomic E-state index is 11.5. The van der Waals surface area contributed by atoms with Gasteiger partial charge >= 0.3 is 5.97 Å². The summed E-state index contributed by atoms with van der Waals surface area (Å²) in [5, 5.41) is 9.44. The normalized spacial score (nSPS) is 12.0. The van der Waals surface area contributed by atoms with E-state index in [4.69, 9.17) is 4.74 Å². The van der Waals surface area contributed by atoms with E-state index >= 15 is 0 Å². The minimum atomic E-state index is -0.812. The molecule has 0 aliphatic carbocycles. The number of carbonyl (C=O) groups is 1. The number of benzene rings is 2. The average molecular weight is 298 g/mol. The summed E-state index contributed by atoms with van der Waals surface area (Å²) in [5.41, 5.74) is 4.22. The lowest BCUT2D eigenvalue weighted by Crippen LogP contribution is -2.15. The Morgan fingerprint density at radius 1 is 1.09 bits per heavy atom. The highest BCUT2D eigenvalue weighted by atomic mass is 16.5. The van der Waals surface area contributed by atoms with Crippen molar-refractivity contribution in [2.75, 3.05) is 6.61 Å². The van der Waals surface area contributed by atoms with Crippen molar-refractivity contribution in [3.05, 3.63) is 64.7 Å². The van der Waals surface area contributed by atoms with Crippen molar-refractivity contribution in [1.29, 1.82) is 0 Å². The van der Waals surface area contributed by atoms with Crippen LogP contribution in [-0.4, -0.2) is 17.7 Å². The minimum absolute atomic E-state index is 0.384. The molecule has 1 N–H and O–H groups in total. The maximum Gasteiger partial charge on any atom is 0.311 e. The van der Waals surface area contributed by atoms with E-state index in [0.29, 0.717) is 13.0 Å². The minimum Gasteiger partial charge on any atom is -0.493 e. The van der Waals surface area contributed by atoms with E-state index in [1.165, 1.54) is 5.56 Å². The van der Waals surface area contributed by atoms with Gasteiger partial charge in [-0.2, -0.15) is 0 Å². The Morgan fingerprint density at radius 3 is 2.41 bits per heavy atom. The molecule has 0 fully saturated rings. The molecule has 0 bridgehead atoms. The van der Waals surface area contributed by atoms with Crippen molar-refractivity contribution in [1.82, 2.24) is 0 Å². The molecule has 116 valence electrons. The van der Waals surface area contributed by atoms with E-state index in [1.54, 1.807) is 0 Å². The van der Waals surface area contributed by atoms with Crippen LogP contribution in [0.4, 0.5) is 0 Å². The van der Waals surface area contributed by atoms with Gasteiger partial charge in [-0.3, -0.25) is 4.79 Å². The molecule has 0 aromatic heterocycles. The lowest BCUT2D eigenvalue weighted by atomic mass is 9.95. The number of rotatable bonds is 6. The van der Waals surface area contributed by atoms with Crippen LogP contribution in [0.15, 0.2) is 42.5 Å². The Balaban J connectivity index is 2.02. The Bertz CT molecular complexity index is 644. The summed E-state index contributed by atoms with van der Waals surface area (Å²) in [4.78, 5) is 11.5. The highest BCUT2D eigenvalue weighted by Crippen LogP contribution is 2.24. The molecule has 0 saturated carbocycles. The van der Waals surface area contributed by atoms with Crippen LogP contribution >= 0.6 is 0 Å². The van der Waals surface area contributed by atoms with Crippen LogP contribution in [0.2, 0.25) is 0 Å². The Morgan fingerprint density at radius 2 is 1.77 bits per heavy atom. The van der Waals surface area contributed by atoms with Crippen molar-refractivity contribution < 1.29 is 14.6 Å². The third-order valence-corrected chi connectivity index (χ3v) is 4.00. The fourth-order valence-corrected chi connectivity index (χ4v) is 2.40. The molecular weight excluding hydrogens is 276 g/mol. The molecule has 0 amide bonds. The fraction of sp³-hybridized carbons (Fsp3) is 0.316. The molecule has 2 aromatic carbocycles. The molecular formula is C19H22O3. The largest absolute Gasteiger partial charge is 0.493 e. The van der Waals surface area contributed by atoms with Gasteiger partial charge in [0.05, 0.1) is 12.5 Å². The molecule has 2 aromatic rings. The fourth-order valence-electron chi connectivity index (χ4n) is 2.40. The molecule has 2 rings (SSSR count). The van der Waals surface area contributed by atoms with Crippen LogP contribution in [0.1, 0.15) is 34.6 Å². The van der Waals surface area contributed by atoms with Crippen LogP contribution in [-0.2, 0) is 4.79 Å². The van der Waals surface area contributed by atoms with Gasteiger partial charge in [0.25, 0.3) is 0 Å². The van der Waals surface area contributed by atoms with E-state index in [1.807, 2.05) is 63.2 Å². The van der Waals surface area contributed by atoms with Gasteiger partial charge in [0.2, 0.25) is 0 Å². The molecule has 0 radical (unpaired) electrons. The highest BCUT2D eigenvalue weighted by molar-refractivity contribution is 5.76. The molecule has 0 spiro atoms. The second-order valence-electron chi connectivity index (χ2n) is 5.64. The first-order valence-corrected chi connectivity index (χ1v) is 7.47. The Hall–Kier alpha value is -2.29. The summed E-state index contributed by atoms with van der Waals surface area (Å²) in [6.45, 7) is 6.42. The first-order chi connectivity index (χ1) is 10.5. The number of ether oxygens (including phenoxy) is 1. The smallest absolute Gasteiger partial charge is 0.311 e. The van der Waals surface area contributed by atoms with Crippen molar-refractivity contribution in [2.24, 2.45) is 0 Å². The van der Waals surface area contributed by atoms with Gasteiger partial charge in [-0.05, 0) is 49.9 Å². The second kappa shape index (κ2) is 7.12. The molecule has 22 heavy (non-hydrogen) atoms. The topological polar surface area (TPSA) is 46.5 Å². The van der Waals surface area contributed by atoms with Crippen LogP contribution < -0.4 is 4.74 Å². The predicted octanol–water partition coefficient (Wildman–Crippen LogP) is 4.25. The van der Waals surface area contributed by atoms with E-state index in [-0.39, 0.29) is 0 Å². The monoisotopic (exact) mass is 298 g/mol. The summed E-state index contributed by atoms with van der Waals surface area (Å²) in [7, 11) is 0. The first-order valence-electron chi connectivity index (χ1n) is 7.47. The zero-order valence-corrected chi connectivity index (χ0v) is 13.3. The van der Waals surface area contributed by atoms with Crippen molar-refractivity contribution in [2.45, 2.75) is 33.1 Å². The first kappa shape index (κ1) is 16.1. The standard InChI is InChI=1S/C19H22O3/c1-13-7-9-16(10-8-13)17(19(20)21)11-12-22-18-6-4-5-14(2)15(18)3/h4-10,17H,11-12H2,1-3H3,(H,20,21). The third kappa shape index (κ3) is 3.88. The number of aryl methyl sites for hydroxylation is 2. The van der Waals surface area contributed by atoms with Gasteiger partial charge in [-0.15, -0.1) is 0 Å². The molecule has 0 heterocycles. The second-order valence-corrected chi connectivity index (χ2v) is 5.64. The molecule has 1 unspecified atom stereocenters. The van der Waals surface area contributed by atoms with Gasteiger partial charge in [-0.25, -0.2) is 0 Å². The van der Waals surface area contributed by atoms with Gasteiger partial charge in [0.15, 0.2) is 0 Å². The quantitative estimate of drug-likeness (QED) is 0.867. The lowest BCUT2D eigenvalue weighted by molar-refractivity contribution is -0.139. The molecule has 0 aliphatic rings. The van der Waals surface area contributed by atoms with Crippen LogP contribution in [0.5, 0.6) is 5.75 Å².